The molecule has 2 rings (SSSR count). The molecule has 14 heteroatoms. The third-order valence-corrected chi connectivity index (χ3v) is 5.54. The predicted octanol–water partition coefficient (Wildman–Crippen LogP) is 3.98. The minimum atomic E-state index is -5.08. The summed E-state index contributed by atoms with van der Waals surface area (Å²) < 4.78 is 72.1. The van der Waals surface area contributed by atoms with Crippen molar-refractivity contribution in [3.63, 3.8) is 0 Å². The number of hydrogen-bond donors (Lipinski definition) is 3. The quantitative estimate of drug-likeness (QED) is 0.432. The summed E-state index contributed by atoms with van der Waals surface area (Å²) in [6.07, 6.45) is -2.00. The standard InChI is InChI=1S/C18H22FN3O4S.C2HF3O2/c1-3-5-9-22(4-2)17-16(18(23)24)11-14(12-20-17)21-27(25,26)15-8-6-7-13(19)10-15;3-2(4,5)1(6)7/h6-8,10-12,21H,3-5,9H2,1-2H3,(H,23,24);(H,6,7). The summed E-state index contributed by atoms with van der Waals surface area (Å²) in [5.41, 5.74) is -0.112. The number of carboxylic acid groups (broad SMARTS) is 2. The van der Waals surface area contributed by atoms with Crippen molar-refractivity contribution >= 4 is 33.5 Å². The molecule has 2 aromatic rings. The molecule has 0 saturated carbocycles. The number of pyridine rings is 1. The lowest BCUT2D eigenvalue weighted by atomic mass is 10.2. The SMILES string of the molecule is CCCCN(CC)c1ncc(NS(=O)(=O)c2cccc(F)c2)cc1C(=O)O.O=C(O)C(F)(F)F. The Balaban J connectivity index is 0.000000718. The fourth-order valence-corrected chi connectivity index (χ4v) is 3.60. The number of nitrogens with zero attached hydrogens (tertiary/aromatic N) is 2. The van der Waals surface area contributed by atoms with Gasteiger partial charge in [-0.15, -0.1) is 0 Å². The second-order valence-corrected chi connectivity index (χ2v) is 8.38. The van der Waals surface area contributed by atoms with Crippen molar-refractivity contribution in [1.82, 2.24) is 4.98 Å². The molecule has 0 amide bonds. The summed E-state index contributed by atoms with van der Waals surface area (Å²) in [7, 11) is -4.07. The molecular formula is C20H23F4N3O6S. The number of hydrogen-bond acceptors (Lipinski definition) is 6. The van der Waals surface area contributed by atoms with Gasteiger partial charge in [0, 0.05) is 13.1 Å². The Labute approximate surface area is 193 Å². The molecule has 1 aromatic carbocycles. The van der Waals surface area contributed by atoms with E-state index in [9.17, 15) is 35.9 Å². The maximum Gasteiger partial charge on any atom is 0.490 e. The highest BCUT2D eigenvalue weighted by molar-refractivity contribution is 7.92. The number of aromatic nitrogens is 1. The molecule has 0 atom stereocenters. The molecule has 0 fully saturated rings. The highest BCUT2D eigenvalue weighted by Crippen LogP contribution is 2.24. The first kappa shape index (κ1) is 28.6. The summed E-state index contributed by atoms with van der Waals surface area (Å²) in [5.74, 6) is -4.37. The van der Waals surface area contributed by atoms with E-state index in [-0.39, 0.29) is 22.0 Å². The van der Waals surface area contributed by atoms with E-state index in [1.54, 1.807) is 0 Å². The van der Waals surface area contributed by atoms with Crippen LogP contribution in [0.15, 0.2) is 41.4 Å². The number of sulfonamides is 1. The Morgan fingerprint density at radius 2 is 1.76 bits per heavy atom. The zero-order valence-electron chi connectivity index (χ0n) is 18.1. The van der Waals surface area contributed by atoms with Crippen LogP contribution in [0, 0.1) is 5.82 Å². The van der Waals surface area contributed by atoms with Crippen LogP contribution in [0.1, 0.15) is 37.0 Å². The maximum absolute atomic E-state index is 13.3. The summed E-state index contributed by atoms with van der Waals surface area (Å²) in [6.45, 7) is 5.14. The maximum atomic E-state index is 13.3. The molecule has 0 spiro atoms. The average Bonchev–Trinajstić information content (AvgIpc) is 2.74. The lowest BCUT2D eigenvalue weighted by Gasteiger charge is -2.23. The van der Waals surface area contributed by atoms with Crippen LogP contribution in [0.25, 0.3) is 0 Å². The number of benzene rings is 1. The number of aromatic carboxylic acids is 1. The van der Waals surface area contributed by atoms with Crippen LogP contribution in [0.2, 0.25) is 0 Å². The van der Waals surface area contributed by atoms with Gasteiger partial charge in [0.2, 0.25) is 0 Å². The summed E-state index contributed by atoms with van der Waals surface area (Å²) in [4.78, 5) is 26.3. The van der Waals surface area contributed by atoms with Crippen molar-refractivity contribution in [1.29, 1.82) is 0 Å². The lowest BCUT2D eigenvalue weighted by molar-refractivity contribution is -0.192. The van der Waals surface area contributed by atoms with E-state index in [2.05, 4.69) is 9.71 Å². The smallest absolute Gasteiger partial charge is 0.478 e. The number of alkyl halides is 3. The van der Waals surface area contributed by atoms with Crippen LogP contribution in [0.3, 0.4) is 0 Å². The zero-order chi connectivity index (χ0) is 26.1. The highest BCUT2D eigenvalue weighted by Gasteiger charge is 2.38. The molecule has 1 heterocycles. The van der Waals surface area contributed by atoms with Gasteiger partial charge in [0.25, 0.3) is 10.0 Å². The van der Waals surface area contributed by atoms with Crippen LogP contribution in [0.5, 0.6) is 0 Å². The van der Waals surface area contributed by atoms with Crippen molar-refractivity contribution in [3.05, 3.63) is 47.9 Å². The molecule has 188 valence electrons. The Kier molecular flexibility index (Phi) is 10.2. The number of aliphatic carboxylic acids is 1. The number of carbonyl (C=O) groups is 2. The second kappa shape index (κ2) is 12.2. The largest absolute Gasteiger partial charge is 0.490 e. The molecule has 0 radical (unpaired) electrons. The minimum absolute atomic E-state index is 0.00745. The molecule has 1 aromatic heterocycles. The van der Waals surface area contributed by atoms with Crippen molar-refractivity contribution in [2.24, 2.45) is 0 Å². The zero-order valence-corrected chi connectivity index (χ0v) is 19.0. The van der Waals surface area contributed by atoms with Crippen LogP contribution in [-0.4, -0.2) is 54.8 Å². The van der Waals surface area contributed by atoms with E-state index in [0.29, 0.717) is 13.1 Å². The molecule has 0 aliphatic carbocycles. The molecule has 9 nitrogen and oxygen atoms in total. The van der Waals surface area contributed by atoms with Crippen molar-refractivity contribution in [3.8, 4) is 0 Å². The van der Waals surface area contributed by atoms with Crippen LogP contribution >= 0.6 is 0 Å². The number of nitrogens with one attached hydrogen (secondary N) is 1. The number of carboxylic acids is 2. The van der Waals surface area contributed by atoms with Gasteiger partial charge in [-0.1, -0.05) is 19.4 Å². The number of anilines is 2. The predicted molar refractivity (Wildman–Crippen MR) is 115 cm³/mol. The fraction of sp³-hybridized carbons (Fsp3) is 0.350. The number of rotatable bonds is 9. The number of unbranched alkanes of at least 4 members (excludes halogenated alkanes) is 1. The highest BCUT2D eigenvalue weighted by atomic mass is 32.2. The normalized spacial score (nSPS) is 11.2. The van der Waals surface area contributed by atoms with E-state index < -0.39 is 34.0 Å². The first-order valence-corrected chi connectivity index (χ1v) is 11.3. The second-order valence-electron chi connectivity index (χ2n) is 6.70. The average molecular weight is 509 g/mol. The molecule has 34 heavy (non-hydrogen) atoms. The van der Waals surface area contributed by atoms with Gasteiger partial charge >= 0.3 is 18.1 Å². The molecule has 3 N–H and O–H groups in total. The van der Waals surface area contributed by atoms with E-state index in [1.165, 1.54) is 24.4 Å². The van der Waals surface area contributed by atoms with Crippen LogP contribution < -0.4 is 9.62 Å². The molecular weight excluding hydrogens is 486 g/mol. The Hall–Kier alpha value is -3.42. The van der Waals surface area contributed by atoms with Gasteiger partial charge in [0.05, 0.1) is 16.8 Å². The topological polar surface area (TPSA) is 137 Å². The third-order valence-electron chi connectivity index (χ3n) is 4.16. The summed E-state index contributed by atoms with van der Waals surface area (Å²) in [6, 6.07) is 5.76. The lowest BCUT2D eigenvalue weighted by Crippen LogP contribution is -2.27. The van der Waals surface area contributed by atoms with E-state index >= 15 is 0 Å². The Morgan fingerprint density at radius 3 is 2.24 bits per heavy atom. The Bertz CT molecular complexity index is 1110. The van der Waals surface area contributed by atoms with Gasteiger partial charge in [-0.2, -0.15) is 13.2 Å². The first-order valence-electron chi connectivity index (χ1n) is 9.79. The van der Waals surface area contributed by atoms with Gasteiger partial charge in [0.15, 0.2) is 0 Å². The monoisotopic (exact) mass is 509 g/mol. The van der Waals surface area contributed by atoms with Gasteiger partial charge in [0.1, 0.15) is 17.2 Å². The fourth-order valence-electron chi connectivity index (χ4n) is 2.53. The Morgan fingerprint density at radius 1 is 1.15 bits per heavy atom. The third kappa shape index (κ3) is 8.50. The van der Waals surface area contributed by atoms with E-state index in [0.717, 1.165) is 25.0 Å². The van der Waals surface area contributed by atoms with Gasteiger partial charge < -0.3 is 15.1 Å². The molecule has 0 aliphatic rings. The molecule has 0 unspecified atom stereocenters. The van der Waals surface area contributed by atoms with Crippen LogP contribution in [0.4, 0.5) is 29.1 Å². The van der Waals surface area contributed by atoms with E-state index in [4.69, 9.17) is 9.90 Å². The molecule has 0 aliphatic heterocycles. The van der Waals surface area contributed by atoms with Crippen LogP contribution in [-0.2, 0) is 14.8 Å². The van der Waals surface area contributed by atoms with Crippen molar-refractivity contribution in [2.45, 2.75) is 37.8 Å². The van der Waals surface area contributed by atoms with Crippen molar-refractivity contribution in [2.75, 3.05) is 22.7 Å². The van der Waals surface area contributed by atoms with E-state index in [1.807, 2.05) is 18.7 Å². The number of halogens is 4. The van der Waals surface area contributed by atoms with Crippen molar-refractivity contribution < 1.29 is 45.8 Å². The minimum Gasteiger partial charge on any atom is -0.478 e. The van der Waals surface area contributed by atoms with Gasteiger partial charge in [-0.25, -0.2) is 27.4 Å². The van der Waals surface area contributed by atoms with Gasteiger partial charge in [-0.05, 0) is 37.6 Å². The summed E-state index contributed by atoms with van der Waals surface area (Å²) >= 11 is 0. The first-order chi connectivity index (χ1) is 15.7. The summed E-state index contributed by atoms with van der Waals surface area (Å²) in [5, 5.41) is 16.6. The van der Waals surface area contributed by atoms with Gasteiger partial charge in [-0.3, -0.25) is 4.72 Å². The molecule has 0 saturated heterocycles. The molecule has 0 bridgehead atoms.